The molecule has 2 aromatic heterocycles. The Morgan fingerprint density at radius 3 is 2.68 bits per heavy atom. The second-order valence-electron chi connectivity index (χ2n) is 8.23. The molecule has 0 radical (unpaired) electrons. The van der Waals surface area contributed by atoms with Gasteiger partial charge in [-0.1, -0.05) is 11.6 Å². The van der Waals surface area contributed by atoms with Crippen LogP contribution in [0, 0.1) is 30.0 Å². The summed E-state index contributed by atoms with van der Waals surface area (Å²) in [5, 5.41) is 17.5. The van der Waals surface area contributed by atoms with E-state index >= 15 is 0 Å². The Labute approximate surface area is 201 Å². The number of hydrogen-bond donors (Lipinski definition) is 2. The normalized spacial score (nSPS) is 15.1. The highest BCUT2D eigenvalue weighted by Gasteiger charge is 2.31. The largest absolute Gasteiger partial charge is 0.365 e. The number of nitrogens with zero attached hydrogens (tertiary/aromatic N) is 6. The highest BCUT2D eigenvalue weighted by molar-refractivity contribution is 6.30. The molecule has 0 bridgehead atoms. The van der Waals surface area contributed by atoms with Gasteiger partial charge < -0.3 is 16.0 Å². The van der Waals surface area contributed by atoms with Crippen LogP contribution in [0.25, 0.3) is 0 Å². The Morgan fingerprint density at radius 1 is 1.32 bits per heavy atom. The monoisotopic (exact) mass is 482 g/mol. The van der Waals surface area contributed by atoms with Gasteiger partial charge in [-0.05, 0) is 49.9 Å². The number of aromatic nitrogens is 4. The van der Waals surface area contributed by atoms with Gasteiger partial charge in [0.2, 0.25) is 0 Å². The number of hydrogen-bond acceptors (Lipinski definition) is 7. The summed E-state index contributed by atoms with van der Waals surface area (Å²) in [6.07, 6.45) is 4.88. The van der Waals surface area contributed by atoms with E-state index in [1.54, 1.807) is 23.0 Å². The van der Waals surface area contributed by atoms with E-state index in [2.05, 4.69) is 31.4 Å². The number of nitrogens with two attached hydrogens (primary N) is 1. The first kappa shape index (κ1) is 23.4. The first-order valence-electron chi connectivity index (χ1n) is 10.9. The van der Waals surface area contributed by atoms with Crippen LogP contribution in [0.3, 0.4) is 0 Å². The lowest BCUT2D eigenvalue weighted by Gasteiger charge is -2.36. The van der Waals surface area contributed by atoms with E-state index in [9.17, 15) is 14.4 Å². The smallest absolute Gasteiger partial charge is 0.254 e. The van der Waals surface area contributed by atoms with Gasteiger partial charge in [0.05, 0.1) is 18.5 Å². The minimum atomic E-state index is -0.641. The van der Waals surface area contributed by atoms with Gasteiger partial charge in [-0.2, -0.15) is 10.4 Å². The molecule has 1 amide bonds. The number of benzene rings is 1. The molecule has 3 heterocycles. The Hall–Kier alpha value is -3.71. The van der Waals surface area contributed by atoms with Gasteiger partial charge in [0.15, 0.2) is 5.82 Å². The van der Waals surface area contributed by atoms with Crippen LogP contribution < -0.4 is 16.0 Å². The number of amides is 1. The van der Waals surface area contributed by atoms with Crippen molar-refractivity contribution in [3.05, 3.63) is 58.9 Å². The van der Waals surface area contributed by atoms with Crippen molar-refractivity contribution in [2.45, 2.75) is 32.2 Å². The molecule has 9 nitrogen and oxygen atoms in total. The van der Waals surface area contributed by atoms with Crippen LogP contribution in [-0.4, -0.2) is 38.7 Å². The maximum Gasteiger partial charge on any atom is 0.254 e. The van der Waals surface area contributed by atoms with Crippen LogP contribution in [-0.2, 0) is 0 Å². The van der Waals surface area contributed by atoms with E-state index in [0.29, 0.717) is 10.8 Å². The quantitative estimate of drug-likeness (QED) is 0.487. The predicted molar refractivity (Wildman–Crippen MR) is 126 cm³/mol. The minimum Gasteiger partial charge on any atom is -0.365 e. The lowest BCUT2D eigenvalue weighted by Crippen LogP contribution is -2.37. The Morgan fingerprint density at radius 2 is 2.03 bits per heavy atom. The molecule has 34 heavy (non-hydrogen) atoms. The van der Waals surface area contributed by atoms with Gasteiger partial charge in [0, 0.05) is 30.5 Å². The van der Waals surface area contributed by atoms with Crippen molar-refractivity contribution < 1.29 is 9.18 Å². The van der Waals surface area contributed by atoms with E-state index in [4.69, 9.17) is 17.3 Å². The third-order valence-corrected chi connectivity index (χ3v) is 6.50. The summed E-state index contributed by atoms with van der Waals surface area (Å²) in [5.41, 5.74) is 7.19. The van der Waals surface area contributed by atoms with Crippen LogP contribution in [0.5, 0.6) is 0 Å². The second kappa shape index (κ2) is 10.1. The first-order chi connectivity index (χ1) is 16.4. The summed E-state index contributed by atoms with van der Waals surface area (Å²) in [6, 6.07) is 7.72. The van der Waals surface area contributed by atoms with E-state index < -0.39 is 5.91 Å². The number of nitrogens with one attached hydrogen (secondary N) is 1. The van der Waals surface area contributed by atoms with Crippen molar-refractivity contribution in [3.63, 3.8) is 0 Å². The molecular weight excluding hydrogens is 459 g/mol. The van der Waals surface area contributed by atoms with Gasteiger partial charge in [0.1, 0.15) is 28.7 Å². The zero-order valence-electron chi connectivity index (χ0n) is 18.6. The number of piperidine rings is 1. The van der Waals surface area contributed by atoms with Gasteiger partial charge >= 0.3 is 0 Å². The van der Waals surface area contributed by atoms with Crippen molar-refractivity contribution >= 4 is 34.8 Å². The number of anilines is 3. The fraction of sp³-hybridized carbons (Fsp3) is 0.348. The number of carbonyl (C=O) groups excluding carboxylic acids is 1. The molecule has 0 saturated carbocycles. The number of halogens is 2. The molecule has 1 atom stereocenters. The summed E-state index contributed by atoms with van der Waals surface area (Å²) in [5.74, 6) is 0.235. The number of nitriles is 1. The van der Waals surface area contributed by atoms with Crippen molar-refractivity contribution in [1.82, 2.24) is 19.7 Å². The molecule has 0 aliphatic carbocycles. The fourth-order valence-corrected chi connectivity index (χ4v) is 4.44. The zero-order valence-corrected chi connectivity index (χ0v) is 19.3. The van der Waals surface area contributed by atoms with Gasteiger partial charge in [0.25, 0.3) is 5.91 Å². The number of carbonyl (C=O) groups is 1. The van der Waals surface area contributed by atoms with Gasteiger partial charge in [-0.3, -0.25) is 9.48 Å². The minimum absolute atomic E-state index is 0.160. The summed E-state index contributed by atoms with van der Waals surface area (Å²) in [6.45, 7) is 3.38. The summed E-state index contributed by atoms with van der Waals surface area (Å²) < 4.78 is 14.9. The van der Waals surface area contributed by atoms with Crippen LogP contribution >= 0.6 is 11.6 Å². The molecule has 3 N–H and O–H groups in total. The summed E-state index contributed by atoms with van der Waals surface area (Å²) in [4.78, 5) is 22.6. The molecule has 0 spiro atoms. The lowest BCUT2D eigenvalue weighted by molar-refractivity contribution is 0.100. The van der Waals surface area contributed by atoms with Crippen molar-refractivity contribution in [2.75, 3.05) is 23.3 Å². The molecule has 1 aromatic carbocycles. The van der Waals surface area contributed by atoms with Crippen LogP contribution in [0.2, 0.25) is 5.15 Å². The highest BCUT2D eigenvalue weighted by Crippen LogP contribution is 2.34. The first-order valence-corrected chi connectivity index (χ1v) is 11.3. The lowest BCUT2D eigenvalue weighted by atomic mass is 9.88. The molecule has 3 aromatic rings. The molecule has 1 saturated heterocycles. The van der Waals surface area contributed by atoms with Crippen LogP contribution in [0.4, 0.5) is 21.7 Å². The topological polar surface area (TPSA) is 126 Å². The standard InChI is InChI=1S/C23H24ClFN8O/c1-14-20(24)28-13-29-23(14)32-10-7-15(8-11-32)19(6-9-26)33-12-18(21(27)34)22(31-33)30-17-4-2-16(25)3-5-17/h2-5,12-13,15,19H,6-8,10-11H2,1H3,(H2,27,34)(H,30,31). The van der Waals surface area contributed by atoms with Crippen molar-refractivity contribution in [1.29, 1.82) is 5.26 Å². The highest BCUT2D eigenvalue weighted by atomic mass is 35.5. The molecule has 1 unspecified atom stereocenters. The molecule has 176 valence electrons. The molecule has 1 aliphatic heterocycles. The van der Waals surface area contributed by atoms with E-state index in [0.717, 1.165) is 37.3 Å². The third-order valence-electron chi connectivity index (χ3n) is 6.12. The predicted octanol–water partition coefficient (Wildman–Crippen LogP) is 3.99. The molecule has 1 aliphatic rings. The van der Waals surface area contributed by atoms with Crippen molar-refractivity contribution in [3.8, 4) is 6.07 Å². The van der Waals surface area contributed by atoms with E-state index in [-0.39, 0.29) is 35.6 Å². The van der Waals surface area contributed by atoms with Crippen LogP contribution in [0.1, 0.15) is 41.2 Å². The van der Waals surface area contributed by atoms with Gasteiger partial charge in [-0.15, -0.1) is 0 Å². The fourth-order valence-electron chi connectivity index (χ4n) is 4.31. The molecule has 4 rings (SSSR count). The second-order valence-corrected chi connectivity index (χ2v) is 8.59. The maximum atomic E-state index is 13.2. The maximum absolute atomic E-state index is 13.2. The van der Waals surface area contributed by atoms with Crippen molar-refractivity contribution in [2.24, 2.45) is 11.7 Å². The van der Waals surface area contributed by atoms with E-state index in [1.807, 2.05) is 6.92 Å². The Bertz CT molecular complexity index is 1210. The third kappa shape index (κ3) is 4.94. The SMILES string of the molecule is Cc1c(Cl)ncnc1N1CCC(C(CC#N)n2cc(C(N)=O)c(Nc3ccc(F)cc3)n2)CC1. The molecule has 1 fully saturated rings. The molecule has 11 heteroatoms. The summed E-state index contributed by atoms with van der Waals surface area (Å²) in [7, 11) is 0. The number of rotatable bonds is 7. The number of primary amides is 1. The average Bonchev–Trinajstić information content (AvgIpc) is 3.25. The van der Waals surface area contributed by atoms with Gasteiger partial charge in [-0.25, -0.2) is 14.4 Å². The zero-order chi connectivity index (χ0) is 24.2. The average molecular weight is 483 g/mol. The Kier molecular flexibility index (Phi) is 6.93. The molecular formula is C23H24ClFN8O. The summed E-state index contributed by atoms with van der Waals surface area (Å²) >= 11 is 6.15. The Balaban J connectivity index is 1.54. The van der Waals surface area contributed by atoms with Crippen LogP contribution in [0.15, 0.2) is 36.8 Å². The van der Waals surface area contributed by atoms with E-state index in [1.165, 1.54) is 18.5 Å².